The van der Waals surface area contributed by atoms with Crippen molar-refractivity contribution < 1.29 is 0 Å². The molecule has 2 aliphatic rings. The van der Waals surface area contributed by atoms with E-state index in [0.717, 1.165) is 29.9 Å². The molecule has 3 atom stereocenters. The summed E-state index contributed by atoms with van der Waals surface area (Å²) >= 11 is 2.33. The lowest BCUT2D eigenvalue weighted by molar-refractivity contribution is 0.377. The van der Waals surface area contributed by atoms with Crippen molar-refractivity contribution in [1.29, 1.82) is 0 Å². The molecule has 2 fully saturated rings. The Labute approximate surface area is 124 Å². The van der Waals surface area contributed by atoms with Crippen LogP contribution >= 0.6 is 22.6 Å². The summed E-state index contributed by atoms with van der Waals surface area (Å²) in [6.45, 7) is 2.24. The molecule has 2 aromatic heterocycles. The number of hydrogen-bond acceptors (Lipinski definition) is 2. The molecule has 4 rings (SSSR count). The van der Waals surface area contributed by atoms with Crippen molar-refractivity contribution in [2.24, 2.45) is 11.8 Å². The number of halogens is 1. The van der Waals surface area contributed by atoms with E-state index >= 15 is 0 Å². The molecule has 2 N–H and O–H groups in total. The average Bonchev–Trinajstić information content (AvgIpc) is 3.04. The molecule has 1 aliphatic heterocycles. The van der Waals surface area contributed by atoms with Gasteiger partial charge in [0.25, 0.3) is 5.56 Å². The molecule has 1 saturated heterocycles. The second-order valence-electron chi connectivity index (χ2n) is 5.68. The van der Waals surface area contributed by atoms with Crippen molar-refractivity contribution in [2.45, 2.75) is 18.9 Å². The van der Waals surface area contributed by atoms with Gasteiger partial charge in [-0.05, 0) is 59.9 Å². The molecule has 5 heteroatoms. The molecule has 0 bridgehead atoms. The molecule has 0 radical (unpaired) electrons. The van der Waals surface area contributed by atoms with Gasteiger partial charge < -0.3 is 14.9 Å². The fraction of sp³-hybridized carbons (Fsp3) is 0.500. The predicted molar refractivity (Wildman–Crippen MR) is 83.4 cm³/mol. The first-order valence-electron chi connectivity index (χ1n) is 6.84. The van der Waals surface area contributed by atoms with Crippen molar-refractivity contribution in [3.63, 3.8) is 0 Å². The molecule has 3 heterocycles. The molecular weight excluding hydrogens is 353 g/mol. The van der Waals surface area contributed by atoms with Crippen LogP contribution in [-0.2, 0) is 0 Å². The Hall–Kier alpha value is -0.820. The van der Waals surface area contributed by atoms with Crippen LogP contribution in [0, 0.1) is 15.4 Å². The van der Waals surface area contributed by atoms with Gasteiger partial charge in [0.2, 0.25) is 0 Å². The van der Waals surface area contributed by atoms with Crippen LogP contribution in [0.15, 0.2) is 23.3 Å². The van der Waals surface area contributed by atoms with Gasteiger partial charge in [-0.3, -0.25) is 4.79 Å². The average molecular weight is 369 g/mol. The Balaban J connectivity index is 1.90. The molecule has 1 saturated carbocycles. The van der Waals surface area contributed by atoms with Crippen molar-refractivity contribution in [1.82, 2.24) is 14.9 Å². The minimum atomic E-state index is 0.0369. The zero-order valence-corrected chi connectivity index (χ0v) is 12.7. The molecule has 1 aliphatic carbocycles. The monoisotopic (exact) mass is 369 g/mol. The number of hydrogen-bond donors (Lipinski definition) is 2. The first-order valence-corrected chi connectivity index (χ1v) is 7.92. The first kappa shape index (κ1) is 12.0. The van der Waals surface area contributed by atoms with Crippen molar-refractivity contribution in [2.75, 3.05) is 13.1 Å². The highest BCUT2D eigenvalue weighted by molar-refractivity contribution is 14.1. The van der Waals surface area contributed by atoms with E-state index in [9.17, 15) is 4.79 Å². The maximum Gasteiger partial charge on any atom is 0.272 e. The van der Waals surface area contributed by atoms with E-state index in [2.05, 4.69) is 43.7 Å². The highest BCUT2D eigenvalue weighted by atomic mass is 127. The number of fused-ring (bicyclic) bond motifs is 2. The molecule has 3 unspecified atom stereocenters. The van der Waals surface area contributed by atoms with E-state index in [1.54, 1.807) is 6.20 Å². The zero-order valence-electron chi connectivity index (χ0n) is 10.5. The van der Waals surface area contributed by atoms with Crippen LogP contribution in [0.4, 0.5) is 0 Å². The third-order valence-electron chi connectivity index (χ3n) is 4.78. The van der Waals surface area contributed by atoms with Gasteiger partial charge in [0.15, 0.2) is 0 Å². The quantitative estimate of drug-likeness (QED) is 0.757. The predicted octanol–water partition coefficient (Wildman–Crippen LogP) is 2.10. The second-order valence-corrected chi connectivity index (χ2v) is 6.84. The summed E-state index contributed by atoms with van der Waals surface area (Å²) in [6.07, 6.45) is 6.38. The van der Waals surface area contributed by atoms with E-state index in [4.69, 9.17) is 0 Å². The molecular formula is C14H16IN3O. The SMILES string of the molecule is O=c1[nH]ccc2c(I)cn(C3CCC4CNCC43)c12. The summed E-state index contributed by atoms with van der Waals surface area (Å²) in [7, 11) is 0. The van der Waals surface area contributed by atoms with Gasteiger partial charge in [-0.15, -0.1) is 0 Å². The van der Waals surface area contributed by atoms with Crippen LogP contribution in [0.1, 0.15) is 18.9 Å². The number of aromatic amines is 1. The van der Waals surface area contributed by atoms with Crippen molar-refractivity contribution in [3.8, 4) is 0 Å². The maximum absolute atomic E-state index is 12.2. The zero-order chi connectivity index (χ0) is 13.0. The van der Waals surface area contributed by atoms with Crippen LogP contribution in [0.2, 0.25) is 0 Å². The van der Waals surface area contributed by atoms with Gasteiger partial charge in [0.05, 0.1) is 0 Å². The van der Waals surface area contributed by atoms with Crippen molar-refractivity contribution in [3.05, 3.63) is 32.4 Å². The lowest BCUT2D eigenvalue weighted by atomic mass is 9.97. The minimum absolute atomic E-state index is 0.0369. The standard InChI is InChI=1S/C14H16IN3O/c15-11-7-18(13-9(11)3-4-17-14(13)19)12-2-1-8-5-16-6-10(8)12/h3-4,7-8,10,12,16H,1-2,5-6H2,(H,17,19). The molecule has 19 heavy (non-hydrogen) atoms. The lowest BCUT2D eigenvalue weighted by Crippen LogP contribution is -2.21. The number of H-pyrrole nitrogens is 1. The number of aromatic nitrogens is 2. The highest BCUT2D eigenvalue weighted by Crippen LogP contribution is 2.43. The summed E-state index contributed by atoms with van der Waals surface area (Å²) in [6, 6.07) is 2.49. The van der Waals surface area contributed by atoms with Crippen LogP contribution in [0.3, 0.4) is 0 Å². The molecule has 0 amide bonds. The molecule has 0 spiro atoms. The van der Waals surface area contributed by atoms with Gasteiger partial charge in [0.1, 0.15) is 5.52 Å². The fourth-order valence-corrected chi connectivity index (χ4v) is 4.64. The Morgan fingerprint density at radius 3 is 3.11 bits per heavy atom. The summed E-state index contributed by atoms with van der Waals surface area (Å²) < 4.78 is 3.42. The van der Waals surface area contributed by atoms with Gasteiger partial charge in [-0.25, -0.2) is 0 Å². The van der Waals surface area contributed by atoms with Crippen LogP contribution in [0.5, 0.6) is 0 Å². The Morgan fingerprint density at radius 2 is 2.21 bits per heavy atom. The third kappa shape index (κ3) is 1.71. The fourth-order valence-electron chi connectivity index (χ4n) is 3.90. The van der Waals surface area contributed by atoms with Crippen LogP contribution in [-0.4, -0.2) is 22.6 Å². The topological polar surface area (TPSA) is 49.8 Å². The molecule has 4 nitrogen and oxygen atoms in total. The smallest absolute Gasteiger partial charge is 0.272 e. The van der Waals surface area contributed by atoms with E-state index in [1.807, 2.05) is 6.07 Å². The van der Waals surface area contributed by atoms with Crippen LogP contribution in [0.25, 0.3) is 10.9 Å². The number of rotatable bonds is 1. The lowest BCUT2D eigenvalue weighted by Gasteiger charge is -2.20. The molecule has 2 aromatic rings. The van der Waals surface area contributed by atoms with Gasteiger partial charge in [-0.1, -0.05) is 0 Å². The number of pyridine rings is 1. The van der Waals surface area contributed by atoms with Gasteiger partial charge in [0, 0.05) is 33.9 Å². The van der Waals surface area contributed by atoms with E-state index in [-0.39, 0.29) is 5.56 Å². The molecule has 0 aromatic carbocycles. The van der Waals surface area contributed by atoms with Gasteiger partial charge in [-0.2, -0.15) is 0 Å². The van der Waals surface area contributed by atoms with Gasteiger partial charge >= 0.3 is 0 Å². The molecule has 100 valence electrons. The Morgan fingerprint density at radius 1 is 1.32 bits per heavy atom. The highest BCUT2D eigenvalue weighted by Gasteiger charge is 2.40. The van der Waals surface area contributed by atoms with Crippen LogP contribution < -0.4 is 10.9 Å². The summed E-state index contributed by atoms with van der Waals surface area (Å²) in [5.41, 5.74) is 0.888. The minimum Gasteiger partial charge on any atom is -0.339 e. The first-order chi connectivity index (χ1) is 9.25. The largest absolute Gasteiger partial charge is 0.339 e. The maximum atomic E-state index is 12.2. The van der Waals surface area contributed by atoms with E-state index in [1.165, 1.54) is 16.4 Å². The third-order valence-corrected chi connectivity index (χ3v) is 5.64. The normalized spacial score (nSPS) is 30.1. The number of nitrogens with zero attached hydrogens (tertiary/aromatic N) is 1. The summed E-state index contributed by atoms with van der Waals surface area (Å²) in [5.74, 6) is 1.48. The summed E-state index contributed by atoms with van der Waals surface area (Å²) in [5, 5.41) is 4.57. The van der Waals surface area contributed by atoms with Crippen molar-refractivity contribution >= 4 is 33.5 Å². The Kier molecular flexibility index (Phi) is 2.73. The van der Waals surface area contributed by atoms with E-state index in [0.29, 0.717) is 12.0 Å². The summed E-state index contributed by atoms with van der Waals surface area (Å²) in [4.78, 5) is 15.0. The second kappa shape index (κ2) is 4.34. The Bertz CT molecular complexity index is 690. The number of nitrogens with one attached hydrogen (secondary N) is 2. The van der Waals surface area contributed by atoms with E-state index < -0.39 is 0 Å².